The zero-order valence-corrected chi connectivity index (χ0v) is 53.3. The maximum atomic E-state index is 14.5. The van der Waals surface area contributed by atoms with Gasteiger partial charge in [0.05, 0.1) is 41.2 Å². The van der Waals surface area contributed by atoms with Crippen LogP contribution in [0.2, 0.25) is 0 Å². The van der Waals surface area contributed by atoms with Crippen molar-refractivity contribution in [3.8, 4) is 28.4 Å². The molecule has 7 aromatic rings. The number of carboxylic acids is 2. The van der Waals surface area contributed by atoms with E-state index < -0.39 is 69.9 Å². The number of rotatable bonds is 18. The molecule has 0 spiro atoms. The molecule has 3 aromatic heterocycles. The molecule has 4 heterocycles. The average Bonchev–Trinajstić information content (AvgIpc) is 1.58. The van der Waals surface area contributed by atoms with E-state index in [2.05, 4.69) is 32.4 Å². The molecule has 4 aromatic carbocycles. The Morgan fingerprint density at radius 3 is 2.17 bits per heavy atom. The molecule has 1 saturated heterocycles. The van der Waals surface area contributed by atoms with Gasteiger partial charge in [-0.1, -0.05) is 101 Å². The largest absolute Gasteiger partial charge is 0.497 e. The van der Waals surface area contributed by atoms with Crippen molar-refractivity contribution in [2.24, 2.45) is 17.3 Å². The number of hydrogen-bond acceptors (Lipinski definition) is 12. The van der Waals surface area contributed by atoms with Gasteiger partial charge < -0.3 is 54.8 Å². The van der Waals surface area contributed by atoms with Crippen LogP contribution in [0.15, 0.2) is 139 Å². The van der Waals surface area contributed by atoms with E-state index in [1.807, 2.05) is 99.6 Å². The second-order valence-electron chi connectivity index (χ2n) is 26.8. The van der Waals surface area contributed by atoms with Gasteiger partial charge in [-0.15, -0.1) is 6.58 Å². The van der Waals surface area contributed by atoms with Gasteiger partial charge in [-0.2, -0.15) is 0 Å². The minimum Gasteiger partial charge on any atom is -0.497 e. The first-order chi connectivity index (χ1) is 43.9. The highest BCUT2D eigenvalue weighted by molar-refractivity contribution is 6.05. The summed E-state index contributed by atoms with van der Waals surface area (Å²) in [5.74, 6) is -2.80. The molecule has 1 aliphatic heterocycles. The smallest absolute Gasteiger partial charge is 0.408 e. The van der Waals surface area contributed by atoms with Gasteiger partial charge in [-0.25, -0.2) is 24.4 Å². The Bertz CT molecular complexity index is 3930. The molecule has 6 N–H and O–H groups in total. The first kappa shape index (κ1) is 65.4. The van der Waals surface area contributed by atoms with E-state index in [-0.39, 0.29) is 37.1 Å². The molecule has 0 bridgehead atoms. The van der Waals surface area contributed by atoms with Crippen molar-refractivity contribution < 1.29 is 57.7 Å². The molecule has 4 aliphatic rings. The molecule has 11 rings (SSSR count). The van der Waals surface area contributed by atoms with Gasteiger partial charge in [0, 0.05) is 52.8 Å². The topological polar surface area (TPSA) is 274 Å². The van der Waals surface area contributed by atoms with Crippen LogP contribution in [0.5, 0.6) is 5.75 Å². The van der Waals surface area contributed by atoms with E-state index >= 15 is 0 Å². The van der Waals surface area contributed by atoms with Gasteiger partial charge in [0.25, 0.3) is 5.91 Å². The molecule has 2 unspecified atom stereocenters. The van der Waals surface area contributed by atoms with Crippen molar-refractivity contribution in [3.05, 3.63) is 151 Å². The number of benzene rings is 4. The third kappa shape index (κ3) is 14.8. The van der Waals surface area contributed by atoms with Gasteiger partial charge in [0.15, 0.2) is 0 Å². The van der Waals surface area contributed by atoms with Gasteiger partial charge in [-0.3, -0.25) is 19.2 Å². The lowest BCUT2D eigenvalue weighted by atomic mass is 9.85. The van der Waals surface area contributed by atoms with E-state index in [0.29, 0.717) is 47.9 Å². The van der Waals surface area contributed by atoms with Crippen LogP contribution in [0.25, 0.3) is 50.7 Å². The maximum Gasteiger partial charge on any atom is 0.408 e. The zero-order chi connectivity index (χ0) is 65.7. The molecule has 0 radical (unpaired) electrons. The number of aliphatic carboxylic acids is 2. The Morgan fingerprint density at radius 2 is 1.54 bits per heavy atom. The van der Waals surface area contributed by atoms with E-state index in [0.717, 1.165) is 81.9 Å². The Labute approximate surface area is 535 Å². The fourth-order valence-corrected chi connectivity index (χ4v) is 13.1. The molecule has 482 valence electrons. The standard InChI is InChI=1S/C39H48N4O7.C33H34N4O5/c1-9-26-21-39(26,35(46)47)42-33(44)31-18-23(22-43(31)34(45)32(37(2,3)4)41-36(48)50-38(5,6)7)17-25-19-29(24-13-11-10-12-14-24)40-30-20-27(49-8)15-16-28(25)30;38-29(39)15-10-22-8-12-25(13-9-22)34-32(41)33(17-4-5-18-33)36-31(40)23-11-14-28-27(20-23)35-30(24-16-19-42-21-24)37(28)26-6-2-1-3-7-26/h9-16,19-20,23,26,31-32H,1,17-18,21-22H2,2-8H3,(H,41,48)(H,42,44)(H,46,47);8-16,19-21,26H,1-7,17-18H2,(H,34,41)(H,36,40)(H,38,39)/b;15-10+/t23-,26?,31+,32-,39?;/m1./s1. The normalized spacial score (nSPS) is 19.9. The second kappa shape index (κ2) is 27.1. The summed E-state index contributed by atoms with van der Waals surface area (Å²) >= 11 is 0. The first-order valence-electron chi connectivity index (χ1n) is 31.6. The van der Waals surface area contributed by atoms with Crippen molar-refractivity contribution in [1.82, 2.24) is 35.4 Å². The predicted octanol–water partition coefficient (Wildman–Crippen LogP) is 12.3. The van der Waals surface area contributed by atoms with Crippen LogP contribution < -0.4 is 26.0 Å². The summed E-state index contributed by atoms with van der Waals surface area (Å²) < 4.78 is 18.6. The lowest BCUT2D eigenvalue weighted by Crippen LogP contribution is -2.59. The number of likely N-dealkylation sites (tertiary alicyclic amines) is 1. The lowest BCUT2D eigenvalue weighted by molar-refractivity contribution is -0.146. The number of amides is 5. The van der Waals surface area contributed by atoms with Crippen LogP contribution in [0.3, 0.4) is 0 Å². The fourth-order valence-electron chi connectivity index (χ4n) is 13.1. The minimum absolute atomic E-state index is 0.177. The highest BCUT2D eigenvalue weighted by Crippen LogP contribution is 2.46. The number of anilines is 1. The third-order valence-corrected chi connectivity index (χ3v) is 18.0. The van der Waals surface area contributed by atoms with Crippen molar-refractivity contribution >= 4 is 75.4 Å². The van der Waals surface area contributed by atoms with Crippen LogP contribution in [0.1, 0.15) is 140 Å². The molecule has 3 saturated carbocycles. The lowest BCUT2D eigenvalue weighted by Gasteiger charge is -2.36. The number of nitrogens with one attached hydrogen (secondary N) is 4. The first-order valence-corrected chi connectivity index (χ1v) is 31.6. The Balaban J connectivity index is 0.000000204. The summed E-state index contributed by atoms with van der Waals surface area (Å²) in [7, 11) is 1.61. The molecule has 20 nitrogen and oxygen atoms in total. The third-order valence-electron chi connectivity index (χ3n) is 18.0. The summed E-state index contributed by atoms with van der Waals surface area (Å²) in [5, 5.41) is 31.3. The van der Waals surface area contributed by atoms with Crippen LogP contribution in [0.4, 0.5) is 10.5 Å². The number of carbonyl (C=O) groups is 7. The number of carboxylic acid groups (broad SMARTS) is 2. The number of aromatic nitrogens is 3. The van der Waals surface area contributed by atoms with E-state index in [1.165, 1.54) is 36.3 Å². The quantitative estimate of drug-likeness (QED) is 0.0344. The molecule has 3 aliphatic carbocycles. The number of imidazole rings is 1. The van der Waals surface area contributed by atoms with Crippen molar-refractivity contribution in [2.45, 2.75) is 153 Å². The number of nitrogens with zero attached hydrogens (tertiary/aromatic N) is 4. The number of methoxy groups -OCH3 is 1. The Kier molecular flexibility index (Phi) is 19.2. The highest BCUT2D eigenvalue weighted by atomic mass is 16.6. The van der Waals surface area contributed by atoms with Crippen LogP contribution >= 0.6 is 0 Å². The van der Waals surface area contributed by atoms with E-state index in [4.69, 9.17) is 29.0 Å². The van der Waals surface area contributed by atoms with Gasteiger partial charge in [-0.05, 0) is 149 Å². The number of pyridine rings is 1. The molecule has 4 fully saturated rings. The molecule has 5 atom stereocenters. The van der Waals surface area contributed by atoms with Crippen molar-refractivity contribution in [2.75, 3.05) is 19.0 Å². The SMILES string of the molecule is C=CC1CC1(NC(=O)[C@@H]1C[C@@H](Cc2cc(-c3ccccc3)nc3cc(OC)ccc23)CN1C(=O)[C@@H](NC(=O)OC(C)(C)C)C(C)(C)C)C(=O)O.O=C(O)/C=C/c1ccc(NC(=O)C2(NC(=O)c3ccc4c(c3)nc(-c3ccoc3)n4C3CCCCC3)CCCC2)cc1. The average molecular weight is 1250 g/mol. The molecule has 5 amide bonds. The van der Waals surface area contributed by atoms with Gasteiger partial charge >= 0.3 is 18.0 Å². The number of hydrogen-bond donors (Lipinski definition) is 6. The summed E-state index contributed by atoms with van der Waals surface area (Å²) in [6.45, 7) is 14.6. The fraction of sp³-hybridized carbons (Fsp3) is 0.403. The maximum absolute atomic E-state index is 14.5. The summed E-state index contributed by atoms with van der Waals surface area (Å²) in [6.07, 6.45) is 16.3. The molecular formula is C72H82N8O12. The molecular weight excluding hydrogens is 1170 g/mol. The number of ether oxygens (including phenoxy) is 2. The van der Waals surface area contributed by atoms with Crippen LogP contribution in [0, 0.1) is 17.3 Å². The van der Waals surface area contributed by atoms with E-state index in [9.17, 15) is 38.7 Å². The van der Waals surface area contributed by atoms with Gasteiger partial charge in [0.1, 0.15) is 46.6 Å². The summed E-state index contributed by atoms with van der Waals surface area (Å²) in [4.78, 5) is 103. The molecule has 92 heavy (non-hydrogen) atoms. The number of furan rings is 1. The van der Waals surface area contributed by atoms with Crippen molar-refractivity contribution in [1.29, 1.82) is 0 Å². The van der Waals surface area contributed by atoms with Crippen molar-refractivity contribution in [3.63, 3.8) is 0 Å². The minimum atomic E-state index is -1.46. The second-order valence-corrected chi connectivity index (χ2v) is 26.8. The van der Waals surface area contributed by atoms with Gasteiger partial charge in [0.2, 0.25) is 17.7 Å². The zero-order valence-electron chi connectivity index (χ0n) is 53.3. The molecule has 20 heteroatoms. The Morgan fingerprint density at radius 1 is 0.815 bits per heavy atom. The number of carbonyl (C=O) groups excluding carboxylic acids is 5. The number of fused-ring (bicyclic) bond motifs is 2. The highest BCUT2D eigenvalue weighted by Gasteiger charge is 2.61. The summed E-state index contributed by atoms with van der Waals surface area (Å²) in [6, 6.07) is 30.4. The predicted molar refractivity (Wildman–Crippen MR) is 350 cm³/mol. The summed E-state index contributed by atoms with van der Waals surface area (Å²) in [5.41, 5.74) is 3.85. The van der Waals surface area contributed by atoms with E-state index in [1.54, 1.807) is 64.7 Å². The van der Waals surface area contributed by atoms with Crippen LogP contribution in [-0.4, -0.2) is 114 Å². The monoisotopic (exact) mass is 1250 g/mol. The number of alkyl carbamates (subject to hydrolysis) is 1. The Hall–Kier alpha value is -9.59. The van der Waals surface area contributed by atoms with Crippen LogP contribution in [-0.2, 0) is 35.1 Å².